The van der Waals surface area contributed by atoms with Gasteiger partial charge in [0.2, 0.25) is 0 Å². The lowest BCUT2D eigenvalue weighted by atomic mass is 10.2. The second kappa shape index (κ2) is 6.88. The highest BCUT2D eigenvalue weighted by Crippen LogP contribution is 2.36. The van der Waals surface area contributed by atoms with Gasteiger partial charge in [-0.2, -0.15) is 16.9 Å². The highest BCUT2D eigenvalue weighted by molar-refractivity contribution is 7.98. The molecule has 1 aliphatic rings. The zero-order valence-electron chi connectivity index (χ0n) is 14.2. The molecular weight excluding hydrogens is 296 g/mol. The Morgan fingerprint density at radius 3 is 2.71 bits per heavy atom. The molecule has 2 heterocycles. The third kappa shape index (κ3) is 4.36. The maximum atomic E-state index is 6.22. The quantitative estimate of drug-likeness (QED) is 0.531. The van der Waals surface area contributed by atoms with Crippen LogP contribution in [0, 0.1) is 0 Å². The first-order valence-corrected chi connectivity index (χ1v) is 12.1. The number of fused-ring (bicyclic) bond motifs is 1. The van der Waals surface area contributed by atoms with Gasteiger partial charge in [-0.15, -0.1) is 0 Å². The number of nitrogens with zero attached hydrogens (tertiary/aromatic N) is 2. The molecule has 0 unspecified atom stereocenters. The van der Waals surface area contributed by atoms with Crippen LogP contribution in [0.25, 0.3) is 0 Å². The second-order valence-corrected chi connectivity index (χ2v) is 13.3. The van der Waals surface area contributed by atoms with Crippen molar-refractivity contribution in [1.82, 2.24) is 9.78 Å². The number of aromatic nitrogens is 2. The fourth-order valence-corrected chi connectivity index (χ4v) is 4.45. The number of rotatable bonds is 7. The van der Waals surface area contributed by atoms with Crippen LogP contribution in [0.2, 0.25) is 18.1 Å². The van der Waals surface area contributed by atoms with Crippen molar-refractivity contribution >= 4 is 20.1 Å². The highest BCUT2D eigenvalue weighted by Gasteiger charge is 2.36. The molecule has 0 amide bonds. The summed E-state index contributed by atoms with van der Waals surface area (Å²) < 4.78 is 8.43. The highest BCUT2D eigenvalue weighted by atomic mass is 32.2. The first kappa shape index (κ1) is 17.1. The van der Waals surface area contributed by atoms with Crippen molar-refractivity contribution in [3.8, 4) is 0 Å². The van der Waals surface area contributed by atoms with E-state index in [0.717, 1.165) is 24.7 Å². The van der Waals surface area contributed by atoms with Gasteiger partial charge >= 0.3 is 0 Å². The monoisotopic (exact) mass is 326 g/mol. The molecule has 3 nitrogen and oxygen atoms in total. The minimum absolute atomic E-state index is 0.320. The summed E-state index contributed by atoms with van der Waals surface area (Å²) in [5.74, 6) is 2.29. The lowest BCUT2D eigenvalue weighted by Gasteiger charge is -2.36. The van der Waals surface area contributed by atoms with E-state index in [0.29, 0.717) is 5.04 Å². The van der Waals surface area contributed by atoms with Crippen LogP contribution >= 0.6 is 11.8 Å². The molecule has 1 aromatic rings. The van der Waals surface area contributed by atoms with Gasteiger partial charge in [-0.05, 0) is 37.4 Å². The molecular formula is C16H30N2OSSi. The fourth-order valence-electron chi connectivity index (χ4n) is 2.27. The number of aryl methyl sites for hydroxylation is 1. The molecule has 0 N–H and O–H groups in total. The van der Waals surface area contributed by atoms with Crippen molar-refractivity contribution in [2.45, 2.75) is 76.2 Å². The van der Waals surface area contributed by atoms with E-state index in [1.54, 1.807) is 0 Å². The summed E-state index contributed by atoms with van der Waals surface area (Å²) in [6.45, 7) is 13.6. The number of unbranched alkanes of at least 4 members (excludes halogenated alkanes) is 2. The first-order valence-electron chi connectivity index (χ1n) is 8.06. The van der Waals surface area contributed by atoms with Gasteiger partial charge in [0, 0.05) is 30.2 Å². The molecule has 0 saturated heterocycles. The second-order valence-electron chi connectivity index (χ2n) is 7.50. The minimum Gasteiger partial charge on any atom is -0.417 e. The zero-order valence-corrected chi connectivity index (χ0v) is 16.1. The van der Waals surface area contributed by atoms with Gasteiger partial charge in [0.1, 0.15) is 0 Å². The zero-order chi connectivity index (χ0) is 15.5. The Morgan fingerprint density at radius 1 is 1.24 bits per heavy atom. The van der Waals surface area contributed by atoms with E-state index in [1.807, 2.05) is 11.8 Å². The third-order valence-corrected chi connectivity index (χ3v) is 10.3. The summed E-state index contributed by atoms with van der Waals surface area (Å²) in [5, 5.41) is 4.83. The van der Waals surface area contributed by atoms with Gasteiger partial charge in [0.25, 0.3) is 0 Å². The van der Waals surface area contributed by atoms with Crippen molar-refractivity contribution in [3.63, 3.8) is 0 Å². The number of thioether (sulfide) groups is 1. The largest absolute Gasteiger partial charge is 0.417 e. The standard InChI is InChI=1S/C16H30N2OSSi/c1-16(2,3)21(4,5)19-10-8-6-7-9-18-15-13-20-12-14(15)11-17-18/h11H,6-10,12-13H2,1-5H3. The van der Waals surface area contributed by atoms with Crippen LogP contribution in [0.4, 0.5) is 0 Å². The van der Waals surface area contributed by atoms with Gasteiger partial charge in [0.05, 0.1) is 11.9 Å². The van der Waals surface area contributed by atoms with E-state index >= 15 is 0 Å². The van der Waals surface area contributed by atoms with Crippen molar-refractivity contribution in [2.24, 2.45) is 0 Å². The molecule has 0 radical (unpaired) electrons. The molecule has 0 spiro atoms. The van der Waals surface area contributed by atoms with Gasteiger partial charge in [-0.25, -0.2) is 0 Å². The van der Waals surface area contributed by atoms with Crippen LogP contribution in [-0.2, 0) is 22.5 Å². The maximum absolute atomic E-state index is 6.22. The molecule has 0 aromatic carbocycles. The Hall–Kier alpha value is -0.263. The Kier molecular flexibility index (Phi) is 5.60. The molecule has 2 rings (SSSR count). The molecule has 0 bridgehead atoms. The van der Waals surface area contributed by atoms with Gasteiger partial charge in [0.15, 0.2) is 8.32 Å². The summed E-state index contributed by atoms with van der Waals surface area (Å²) in [5.41, 5.74) is 2.90. The Balaban J connectivity index is 1.62. The lowest BCUT2D eigenvalue weighted by Crippen LogP contribution is -2.40. The number of hydrogen-bond acceptors (Lipinski definition) is 3. The minimum atomic E-state index is -1.55. The lowest BCUT2D eigenvalue weighted by molar-refractivity contribution is 0.276. The van der Waals surface area contributed by atoms with Crippen LogP contribution < -0.4 is 0 Å². The number of hydrogen-bond donors (Lipinski definition) is 0. The van der Waals surface area contributed by atoms with Crippen LogP contribution in [0.3, 0.4) is 0 Å². The molecule has 120 valence electrons. The van der Waals surface area contributed by atoms with Crippen molar-refractivity contribution in [1.29, 1.82) is 0 Å². The van der Waals surface area contributed by atoms with E-state index in [9.17, 15) is 0 Å². The molecule has 1 aromatic heterocycles. The van der Waals surface area contributed by atoms with Crippen LogP contribution in [0.1, 0.15) is 51.3 Å². The van der Waals surface area contributed by atoms with Crippen LogP contribution in [0.5, 0.6) is 0 Å². The molecule has 21 heavy (non-hydrogen) atoms. The van der Waals surface area contributed by atoms with Crippen LogP contribution in [0.15, 0.2) is 6.20 Å². The van der Waals surface area contributed by atoms with Gasteiger partial charge in [-0.1, -0.05) is 20.8 Å². The normalized spacial score (nSPS) is 15.5. The topological polar surface area (TPSA) is 27.1 Å². The average molecular weight is 327 g/mol. The predicted octanol–water partition coefficient (Wildman–Crippen LogP) is 4.82. The van der Waals surface area contributed by atoms with Gasteiger partial charge in [-0.3, -0.25) is 4.68 Å². The fraction of sp³-hybridized carbons (Fsp3) is 0.812. The van der Waals surface area contributed by atoms with E-state index in [1.165, 1.54) is 30.5 Å². The summed E-state index contributed by atoms with van der Waals surface area (Å²) in [7, 11) is -1.55. The first-order chi connectivity index (χ1) is 9.81. The Morgan fingerprint density at radius 2 is 2.00 bits per heavy atom. The Labute approximate surface area is 135 Å². The average Bonchev–Trinajstić information content (AvgIpc) is 2.95. The van der Waals surface area contributed by atoms with E-state index in [4.69, 9.17) is 4.43 Å². The maximum Gasteiger partial charge on any atom is 0.191 e. The predicted molar refractivity (Wildman–Crippen MR) is 94.2 cm³/mol. The summed E-state index contributed by atoms with van der Waals surface area (Å²) in [4.78, 5) is 0. The van der Waals surface area contributed by atoms with Crippen LogP contribution in [-0.4, -0.2) is 24.7 Å². The van der Waals surface area contributed by atoms with E-state index in [2.05, 4.69) is 49.8 Å². The molecule has 0 atom stereocenters. The van der Waals surface area contributed by atoms with Crippen molar-refractivity contribution in [2.75, 3.05) is 6.61 Å². The van der Waals surface area contributed by atoms with Gasteiger partial charge < -0.3 is 4.43 Å². The summed E-state index contributed by atoms with van der Waals surface area (Å²) in [6, 6.07) is 0. The van der Waals surface area contributed by atoms with E-state index in [-0.39, 0.29) is 0 Å². The summed E-state index contributed by atoms with van der Waals surface area (Å²) >= 11 is 2.00. The van der Waals surface area contributed by atoms with Crippen molar-refractivity contribution < 1.29 is 4.43 Å². The molecule has 1 aliphatic heterocycles. The molecule has 0 aliphatic carbocycles. The summed E-state index contributed by atoms with van der Waals surface area (Å²) in [6.07, 6.45) is 5.66. The third-order valence-electron chi connectivity index (χ3n) is 4.81. The SMILES string of the molecule is CC(C)(C)[Si](C)(C)OCCCCCn1ncc2c1CSC2. The van der Waals surface area contributed by atoms with Crippen molar-refractivity contribution in [3.05, 3.63) is 17.5 Å². The molecule has 0 saturated carbocycles. The molecule has 0 fully saturated rings. The molecule has 5 heteroatoms. The smallest absolute Gasteiger partial charge is 0.191 e. The Bertz CT molecular complexity index is 465. The van der Waals surface area contributed by atoms with E-state index < -0.39 is 8.32 Å².